The van der Waals surface area contributed by atoms with E-state index in [1.807, 2.05) is 0 Å². The second kappa shape index (κ2) is 9.64. The molecule has 1 fully saturated rings. The molecule has 176 valence electrons. The fraction of sp³-hybridized carbons (Fsp3) is 0.240. The summed E-state index contributed by atoms with van der Waals surface area (Å²) in [6.45, 7) is 2.82. The molecule has 5 rings (SSSR count). The number of aromatic nitrogens is 4. The maximum absolute atomic E-state index is 14.8. The Morgan fingerprint density at radius 2 is 2.03 bits per heavy atom. The topological polar surface area (TPSA) is 99.8 Å². The fourth-order valence-corrected chi connectivity index (χ4v) is 4.83. The second-order valence-electron chi connectivity index (χ2n) is 8.12. The number of methoxy groups -OCH3 is 1. The van der Waals surface area contributed by atoms with Crippen LogP contribution in [0.3, 0.4) is 0 Å². The van der Waals surface area contributed by atoms with Crippen LogP contribution in [0.25, 0.3) is 11.3 Å². The molecule has 4 heterocycles. The molecule has 1 saturated heterocycles. The largest absolute Gasteiger partial charge is 0.491 e. The van der Waals surface area contributed by atoms with Gasteiger partial charge in [0.25, 0.3) is 0 Å². The number of halogens is 1. The first kappa shape index (κ1) is 22.7. The molecular weight excluding hydrogens is 465 g/mol. The predicted octanol–water partition coefficient (Wildman–Crippen LogP) is 5.41. The number of aryl methyl sites for hydroxylation is 1. The van der Waals surface area contributed by atoms with Crippen molar-refractivity contribution >= 4 is 28.2 Å². The van der Waals surface area contributed by atoms with Crippen LogP contribution >= 0.6 is 11.3 Å². The summed E-state index contributed by atoms with van der Waals surface area (Å²) in [5.41, 5.74) is 2.87. The Morgan fingerprint density at radius 3 is 2.74 bits per heavy atom. The number of nitriles is 1. The van der Waals surface area contributed by atoms with E-state index in [2.05, 4.69) is 57.4 Å². The van der Waals surface area contributed by atoms with Crippen LogP contribution in [0.5, 0.6) is 5.75 Å². The highest BCUT2D eigenvalue weighted by molar-refractivity contribution is 7.16. The minimum absolute atomic E-state index is 0.0912. The van der Waals surface area contributed by atoms with Gasteiger partial charge in [0.1, 0.15) is 16.6 Å². The summed E-state index contributed by atoms with van der Waals surface area (Å²) in [7, 11) is 1.48. The van der Waals surface area contributed by atoms with Crippen molar-refractivity contribution in [3.63, 3.8) is 0 Å². The van der Waals surface area contributed by atoms with Crippen molar-refractivity contribution < 1.29 is 9.13 Å². The highest BCUT2D eigenvalue weighted by Crippen LogP contribution is 2.41. The highest BCUT2D eigenvalue weighted by atomic mass is 32.1. The molecule has 1 aliphatic rings. The average molecular weight is 488 g/mol. The number of nitrogens with zero attached hydrogens (tertiary/aromatic N) is 6. The number of hydrogen-bond donors (Lipinski definition) is 1. The van der Waals surface area contributed by atoms with Crippen LogP contribution in [0.2, 0.25) is 0 Å². The molecule has 8 nitrogen and oxygen atoms in total. The molecule has 10 heteroatoms. The van der Waals surface area contributed by atoms with Crippen molar-refractivity contribution in [2.75, 3.05) is 23.9 Å². The number of hydrogen-bond acceptors (Lipinski definition) is 9. The van der Waals surface area contributed by atoms with Gasteiger partial charge >= 0.3 is 0 Å². The van der Waals surface area contributed by atoms with E-state index in [1.54, 1.807) is 12.1 Å². The van der Waals surface area contributed by atoms with Gasteiger partial charge in [-0.05, 0) is 37.5 Å². The molecule has 1 aliphatic heterocycles. The molecule has 35 heavy (non-hydrogen) atoms. The molecule has 1 N–H and O–H groups in total. The van der Waals surface area contributed by atoms with Gasteiger partial charge in [-0.1, -0.05) is 41.2 Å². The maximum atomic E-state index is 14.8. The zero-order chi connectivity index (χ0) is 24.4. The zero-order valence-corrected chi connectivity index (χ0v) is 20.0. The molecule has 1 atom stereocenters. The quantitative estimate of drug-likeness (QED) is 0.361. The van der Waals surface area contributed by atoms with Gasteiger partial charge in [-0.15, -0.1) is 0 Å². The summed E-state index contributed by atoms with van der Waals surface area (Å²) in [6.07, 6.45) is 4.80. The van der Waals surface area contributed by atoms with Crippen molar-refractivity contribution in [2.45, 2.75) is 25.8 Å². The third-order valence-corrected chi connectivity index (χ3v) is 6.70. The van der Waals surface area contributed by atoms with Gasteiger partial charge in [0, 0.05) is 12.7 Å². The lowest BCUT2D eigenvalue weighted by atomic mass is 10.0. The Kier molecular flexibility index (Phi) is 6.25. The minimum atomic E-state index is -0.654. The molecular formula is C25H22FN7OS. The van der Waals surface area contributed by atoms with Gasteiger partial charge in [-0.25, -0.2) is 15.0 Å². The number of rotatable bonds is 6. The van der Waals surface area contributed by atoms with Crippen LogP contribution in [-0.4, -0.2) is 33.6 Å². The standard InChI is InChI=1S/C25H22FN7OS/c1-15-7-9-16(10-8-15)19-6-4-12-33(19)24-30-20(18-5-3-11-28-22(18)26)21(34-2)23(31-24)32-25-29-14-17(13-27)35-25/h3,5,7-11,14,19H,4,6,12H2,1-2H3,(H,29,30,31,32). The summed E-state index contributed by atoms with van der Waals surface area (Å²) >= 11 is 1.19. The molecule has 0 radical (unpaired) electrons. The van der Waals surface area contributed by atoms with Crippen LogP contribution in [-0.2, 0) is 0 Å². The summed E-state index contributed by atoms with van der Waals surface area (Å²) in [5, 5.41) is 12.8. The van der Waals surface area contributed by atoms with Crippen LogP contribution in [0.1, 0.15) is 34.9 Å². The molecule has 1 aromatic carbocycles. The lowest BCUT2D eigenvalue weighted by Gasteiger charge is -2.26. The average Bonchev–Trinajstić information content (AvgIpc) is 3.54. The third kappa shape index (κ3) is 4.50. The third-order valence-electron chi connectivity index (χ3n) is 5.89. The molecule has 3 aromatic heterocycles. The summed E-state index contributed by atoms with van der Waals surface area (Å²) in [4.78, 5) is 20.2. The lowest BCUT2D eigenvalue weighted by molar-refractivity contribution is 0.414. The van der Waals surface area contributed by atoms with Crippen molar-refractivity contribution in [3.8, 4) is 23.1 Å². The van der Waals surface area contributed by atoms with E-state index in [0.717, 1.165) is 19.4 Å². The zero-order valence-electron chi connectivity index (χ0n) is 19.2. The summed E-state index contributed by atoms with van der Waals surface area (Å²) in [6, 6.07) is 13.9. The predicted molar refractivity (Wildman–Crippen MR) is 132 cm³/mol. The van der Waals surface area contributed by atoms with Crippen LogP contribution in [0, 0.1) is 24.2 Å². The van der Waals surface area contributed by atoms with Gasteiger partial charge in [-0.2, -0.15) is 14.6 Å². The molecule has 0 amide bonds. The Labute approximate surface area is 206 Å². The normalized spacial score (nSPS) is 15.1. The molecule has 4 aromatic rings. The second-order valence-corrected chi connectivity index (χ2v) is 9.16. The van der Waals surface area contributed by atoms with Gasteiger partial charge in [0.05, 0.1) is 24.9 Å². The number of pyridine rings is 1. The van der Waals surface area contributed by atoms with E-state index in [-0.39, 0.29) is 23.0 Å². The molecule has 0 bridgehead atoms. The first-order chi connectivity index (χ1) is 17.1. The van der Waals surface area contributed by atoms with Crippen LogP contribution in [0.15, 0.2) is 48.8 Å². The maximum Gasteiger partial charge on any atom is 0.228 e. The minimum Gasteiger partial charge on any atom is -0.491 e. The molecule has 0 saturated carbocycles. The SMILES string of the molecule is COc1c(Nc2ncc(C#N)s2)nc(N2CCCC2c2ccc(C)cc2)nc1-c1cccnc1F. The monoisotopic (exact) mass is 487 g/mol. The van der Waals surface area contributed by atoms with E-state index in [9.17, 15) is 9.65 Å². The first-order valence-electron chi connectivity index (χ1n) is 11.1. The van der Waals surface area contributed by atoms with E-state index in [1.165, 1.54) is 42.0 Å². The number of nitrogens with one attached hydrogen (secondary N) is 1. The number of benzene rings is 1. The number of thiazole rings is 1. The Balaban J connectivity index is 1.64. The number of anilines is 3. The van der Waals surface area contributed by atoms with E-state index in [4.69, 9.17) is 14.7 Å². The lowest BCUT2D eigenvalue weighted by Crippen LogP contribution is -2.25. The molecule has 1 unspecified atom stereocenters. The molecule has 0 spiro atoms. The smallest absolute Gasteiger partial charge is 0.228 e. The highest BCUT2D eigenvalue weighted by Gasteiger charge is 2.31. The van der Waals surface area contributed by atoms with Crippen LogP contribution in [0.4, 0.5) is 21.3 Å². The Morgan fingerprint density at radius 1 is 1.20 bits per heavy atom. The van der Waals surface area contributed by atoms with E-state index >= 15 is 0 Å². The van der Waals surface area contributed by atoms with Gasteiger partial charge in [-0.3, -0.25) is 0 Å². The van der Waals surface area contributed by atoms with Crippen molar-refractivity contribution in [1.82, 2.24) is 19.9 Å². The summed E-state index contributed by atoms with van der Waals surface area (Å²) < 4.78 is 20.4. The first-order valence-corrected chi connectivity index (χ1v) is 11.9. The number of ether oxygens (including phenoxy) is 1. The van der Waals surface area contributed by atoms with E-state index in [0.29, 0.717) is 21.8 Å². The van der Waals surface area contributed by atoms with Crippen molar-refractivity contribution in [1.29, 1.82) is 5.26 Å². The van der Waals surface area contributed by atoms with Crippen molar-refractivity contribution in [2.24, 2.45) is 0 Å². The van der Waals surface area contributed by atoms with Crippen LogP contribution < -0.4 is 15.0 Å². The van der Waals surface area contributed by atoms with Crippen molar-refractivity contribution in [3.05, 3.63) is 70.7 Å². The Hall–Kier alpha value is -4.10. The fourth-order valence-electron chi connectivity index (χ4n) is 4.22. The van der Waals surface area contributed by atoms with Gasteiger partial charge in [0.15, 0.2) is 16.7 Å². The Bertz CT molecular complexity index is 1400. The van der Waals surface area contributed by atoms with E-state index < -0.39 is 5.95 Å². The summed E-state index contributed by atoms with van der Waals surface area (Å²) in [5.74, 6) is 0.398. The van der Waals surface area contributed by atoms with Gasteiger partial charge < -0.3 is 15.0 Å². The van der Waals surface area contributed by atoms with Gasteiger partial charge in [0.2, 0.25) is 11.9 Å². The molecule has 0 aliphatic carbocycles.